The van der Waals surface area contributed by atoms with E-state index >= 15 is 0 Å². The van der Waals surface area contributed by atoms with Gasteiger partial charge in [0.05, 0.1) is 12.9 Å². The van der Waals surface area contributed by atoms with Gasteiger partial charge in [0.15, 0.2) is 12.4 Å². The van der Waals surface area contributed by atoms with Gasteiger partial charge in [0, 0.05) is 16.5 Å². The van der Waals surface area contributed by atoms with Crippen LogP contribution in [0, 0.1) is 0 Å². The zero-order valence-electron chi connectivity index (χ0n) is 11.1. The Bertz CT molecular complexity index is 585. The quantitative estimate of drug-likeness (QED) is 0.763. The number of hydrogen-bond donors (Lipinski definition) is 0. The van der Waals surface area contributed by atoms with E-state index in [1.54, 1.807) is 25.3 Å². The van der Waals surface area contributed by atoms with Crippen LogP contribution in [-0.4, -0.2) is 19.5 Å². The molecule has 0 atom stereocenters. The van der Waals surface area contributed by atoms with Crippen molar-refractivity contribution in [1.29, 1.82) is 0 Å². The number of rotatable bonds is 5. The average molecular weight is 335 g/mol. The number of Topliss-reactive ketones (excluding diaryl/α,β-unsaturated/α-hetero) is 1. The highest BCUT2D eigenvalue weighted by atomic mass is 79.9. The van der Waals surface area contributed by atoms with Crippen molar-refractivity contribution in [2.24, 2.45) is 0 Å². The van der Waals surface area contributed by atoms with E-state index in [4.69, 9.17) is 9.47 Å². The lowest BCUT2D eigenvalue weighted by atomic mass is 10.1. The maximum Gasteiger partial charge on any atom is 0.200 e. The number of ketones is 1. The zero-order chi connectivity index (χ0) is 14.4. The van der Waals surface area contributed by atoms with Crippen LogP contribution in [0.3, 0.4) is 0 Å². The van der Waals surface area contributed by atoms with E-state index in [0.717, 1.165) is 16.7 Å². The molecule has 0 bridgehead atoms. The number of carbonyl (C=O) groups is 1. The first-order valence-corrected chi connectivity index (χ1v) is 7.01. The minimum absolute atomic E-state index is 0.0166. The van der Waals surface area contributed by atoms with E-state index in [1.807, 2.05) is 30.4 Å². The van der Waals surface area contributed by atoms with Crippen LogP contribution in [0.5, 0.6) is 0 Å². The van der Waals surface area contributed by atoms with Gasteiger partial charge in [0.25, 0.3) is 0 Å². The normalized spacial score (nSPS) is 14.1. The second-order valence-electron chi connectivity index (χ2n) is 4.23. The summed E-state index contributed by atoms with van der Waals surface area (Å²) in [5, 5.41) is 0. The van der Waals surface area contributed by atoms with Crippen molar-refractivity contribution in [1.82, 2.24) is 0 Å². The minimum Gasteiger partial charge on any atom is -0.501 e. The molecule has 0 N–H and O–H groups in total. The van der Waals surface area contributed by atoms with Crippen molar-refractivity contribution in [3.05, 3.63) is 70.1 Å². The van der Waals surface area contributed by atoms with Crippen LogP contribution in [0.4, 0.5) is 0 Å². The fraction of sp³-hybridized carbons (Fsp3) is 0.188. The van der Waals surface area contributed by atoms with Gasteiger partial charge in [-0.1, -0.05) is 34.1 Å². The molecule has 1 aromatic carbocycles. The highest BCUT2D eigenvalue weighted by Gasteiger charge is 2.08. The first-order chi connectivity index (χ1) is 9.69. The summed E-state index contributed by atoms with van der Waals surface area (Å²) in [5.41, 5.74) is 0.630. The first kappa shape index (κ1) is 14.6. The number of halogens is 1. The van der Waals surface area contributed by atoms with Crippen LogP contribution in [0.25, 0.3) is 0 Å². The summed E-state index contributed by atoms with van der Waals surface area (Å²) in [4.78, 5) is 12.0. The van der Waals surface area contributed by atoms with Crippen LogP contribution in [0.1, 0.15) is 16.8 Å². The van der Waals surface area contributed by atoms with Crippen molar-refractivity contribution < 1.29 is 14.3 Å². The molecule has 0 aliphatic heterocycles. The summed E-state index contributed by atoms with van der Waals surface area (Å²) >= 11 is 3.35. The standard InChI is InChI=1S/C16H15BrO3/c1-19-14-6-3-7-15(9-8-14)20-11-16(18)12-4-2-5-13(17)10-12/h2-5,7-10H,6,11H2,1H3. The molecule has 20 heavy (non-hydrogen) atoms. The molecule has 0 saturated heterocycles. The highest BCUT2D eigenvalue weighted by molar-refractivity contribution is 9.10. The van der Waals surface area contributed by atoms with E-state index in [-0.39, 0.29) is 12.4 Å². The first-order valence-electron chi connectivity index (χ1n) is 6.22. The van der Waals surface area contributed by atoms with Crippen molar-refractivity contribution in [2.45, 2.75) is 6.42 Å². The van der Waals surface area contributed by atoms with Crippen LogP contribution in [0.15, 0.2) is 64.6 Å². The third kappa shape index (κ3) is 4.10. The Morgan fingerprint density at radius 3 is 2.95 bits per heavy atom. The van der Waals surface area contributed by atoms with E-state index in [9.17, 15) is 4.79 Å². The Morgan fingerprint density at radius 2 is 2.20 bits per heavy atom. The summed E-state index contributed by atoms with van der Waals surface area (Å²) in [5.74, 6) is 1.46. The van der Waals surface area contributed by atoms with E-state index in [0.29, 0.717) is 11.3 Å². The minimum atomic E-state index is -0.0548. The lowest BCUT2D eigenvalue weighted by molar-refractivity contribution is 0.0870. The fourth-order valence-corrected chi connectivity index (χ4v) is 2.13. The molecule has 2 rings (SSSR count). The molecule has 0 radical (unpaired) electrons. The molecule has 4 heteroatoms. The van der Waals surface area contributed by atoms with Crippen molar-refractivity contribution in [3.63, 3.8) is 0 Å². The molecule has 1 aliphatic carbocycles. The molecule has 0 aromatic heterocycles. The number of methoxy groups -OCH3 is 1. The summed E-state index contributed by atoms with van der Waals surface area (Å²) in [6.07, 6.45) is 8.16. The molecule has 1 aromatic rings. The number of benzene rings is 1. The van der Waals surface area contributed by atoms with Crippen LogP contribution in [-0.2, 0) is 9.47 Å². The predicted molar refractivity (Wildman–Crippen MR) is 81.4 cm³/mol. The average Bonchev–Trinajstić information content (AvgIpc) is 2.69. The van der Waals surface area contributed by atoms with Crippen molar-refractivity contribution in [3.8, 4) is 0 Å². The predicted octanol–water partition coefficient (Wildman–Crippen LogP) is 4.02. The topological polar surface area (TPSA) is 35.5 Å². The van der Waals surface area contributed by atoms with Crippen molar-refractivity contribution >= 4 is 21.7 Å². The highest BCUT2D eigenvalue weighted by Crippen LogP contribution is 2.15. The maximum absolute atomic E-state index is 12.0. The summed E-state index contributed by atoms with van der Waals surface area (Å²) in [7, 11) is 1.64. The van der Waals surface area contributed by atoms with Gasteiger partial charge in [-0.3, -0.25) is 4.79 Å². The smallest absolute Gasteiger partial charge is 0.200 e. The Kier molecular flexibility index (Phi) is 5.18. The number of allylic oxidation sites excluding steroid dienone is 4. The van der Waals surface area contributed by atoms with E-state index in [1.165, 1.54) is 0 Å². The molecule has 0 unspecified atom stereocenters. The van der Waals surface area contributed by atoms with Gasteiger partial charge in [-0.2, -0.15) is 0 Å². The third-order valence-corrected chi connectivity index (χ3v) is 3.31. The molecule has 0 heterocycles. The van der Waals surface area contributed by atoms with Gasteiger partial charge in [-0.25, -0.2) is 0 Å². The van der Waals surface area contributed by atoms with Gasteiger partial charge in [-0.05, 0) is 30.4 Å². The second kappa shape index (κ2) is 7.10. The van der Waals surface area contributed by atoms with Crippen molar-refractivity contribution in [2.75, 3.05) is 13.7 Å². The Hall–Kier alpha value is -1.81. The molecule has 3 nitrogen and oxygen atoms in total. The molecule has 0 saturated carbocycles. The Morgan fingerprint density at radius 1 is 1.35 bits per heavy atom. The zero-order valence-corrected chi connectivity index (χ0v) is 12.7. The van der Waals surface area contributed by atoms with Crippen LogP contribution < -0.4 is 0 Å². The van der Waals surface area contributed by atoms with Gasteiger partial charge in [-0.15, -0.1) is 0 Å². The number of carbonyl (C=O) groups excluding carboxylic acids is 1. The molecular formula is C16H15BrO3. The van der Waals surface area contributed by atoms with Gasteiger partial charge in [0.2, 0.25) is 0 Å². The summed E-state index contributed by atoms with van der Waals surface area (Å²) in [6, 6.07) is 7.27. The lowest BCUT2D eigenvalue weighted by Gasteiger charge is -2.05. The molecule has 0 spiro atoms. The van der Waals surface area contributed by atoms with Crippen LogP contribution in [0.2, 0.25) is 0 Å². The Labute approximate surface area is 126 Å². The van der Waals surface area contributed by atoms with Gasteiger partial charge in [0.1, 0.15) is 5.76 Å². The molecule has 0 amide bonds. The summed E-state index contributed by atoms with van der Waals surface area (Å²) in [6.45, 7) is 0.0166. The van der Waals surface area contributed by atoms with E-state index < -0.39 is 0 Å². The summed E-state index contributed by atoms with van der Waals surface area (Å²) < 4.78 is 11.6. The number of hydrogen-bond acceptors (Lipinski definition) is 3. The van der Waals surface area contributed by atoms with Gasteiger partial charge >= 0.3 is 0 Å². The van der Waals surface area contributed by atoms with Crippen LogP contribution >= 0.6 is 15.9 Å². The number of ether oxygens (including phenoxy) is 2. The fourth-order valence-electron chi connectivity index (χ4n) is 1.73. The lowest BCUT2D eigenvalue weighted by Crippen LogP contribution is -2.08. The van der Waals surface area contributed by atoms with Gasteiger partial charge < -0.3 is 9.47 Å². The Balaban J connectivity index is 1.97. The SMILES string of the molecule is COC1=CC=C(OCC(=O)c2cccc(Br)c2)C=CC1. The third-order valence-electron chi connectivity index (χ3n) is 2.81. The largest absolute Gasteiger partial charge is 0.501 e. The molecule has 0 fully saturated rings. The maximum atomic E-state index is 12.0. The molecule has 104 valence electrons. The second-order valence-corrected chi connectivity index (χ2v) is 5.15. The molecular weight excluding hydrogens is 320 g/mol. The van der Waals surface area contributed by atoms with E-state index in [2.05, 4.69) is 15.9 Å². The molecule has 1 aliphatic rings. The monoisotopic (exact) mass is 334 g/mol.